The summed E-state index contributed by atoms with van der Waals surface area (Å²) in [6.45, 7) is 0.645. The van der Waals surface area contributed by atoms with Crippen molar-refractivity contribution in [3.05, 3.63) is 36.5 Å². The first-order chi connectivity index (χ1) is 11.1. The summed E-state index contributed by atoms with van der Waals surface area (Å²) in [6, 6.07) is 3.34. The molecule has 1 atom stereocenters. The van der Waals surface area contributed by atoms with Crippen LogP contribution in [0.25, 0.3) is 5.82 Å². The number of aliphatic hydroxyl groups excluding tert-OH is 1. The van der Waals surface area contributed by atoms with E-state index in [1.165, 1.54) is 23.0 Å². The molecule has 0 fully saturated rings. The van der Waals surface area contributed by atoms with Gasteiger partial charge in [-0.15, -0.1) is 0 Å². The van der Waals surface area contributed by atoms with Crippen LogP contribution in [0.2, 0.25) is 0 Å². The van der Waals surface area contributed by atoms with Crippen LogP contribution in [0.1, 0.15) is 5.56 Å². The van der Waals surface area contributed by atoms with Gasteiger partial charge in [0.15, 0.2) is 5.82 Å². The number of likely N-dealkylation sites (N-methyl/N-ethyl adjacent to an activating group) is 1. The summed E-state index contributed by atoms with van der Waals surface area (Å²) >= 11 is 0. The molecule has 0 aliphatic carbocycles. The zero-order valence-corrected chi connectivity index (χ0v) is 13.1. The van der Waals surface area contributed by atoms with Crippen molar-refractivity contribution in [3.63, 3.8) is 0 Å². The molecule has 2 amide bonds. The van der Waals surface area contributed by atoms with E-state index in [1.807, 2.05) is 6.07 Å². The van der Waals surface area contributed by atoms with Crippen LogP contribution >= 0.6 is 0 Å². The van der Waals surface area contributed by atoms with Gasteiger partial charge < -0.3 is 20.1 Å². The first kappa shape index (κ1) is 16.8. The lowest BCUT2D eigenvalue weighted by molar-refractivity contribution is 0.0489. The van der Waals surface area contributed by atoms with Crippen LogP contribution in [0.3, 0.4) is 0 Å². The molecule has 2 aromatic heterocycles. The Balaban J connectivity index is 1.95. The van der Waals surface area contributed by atoms with Gasteiger partial charge in [0.25, 0.3) is 0 Å². The topological polar surface area (TPSA) is 105 Å². The Kier molecular flexibility index (Phi) is 6.01. The highest BCUT2D eigenvalue weighted by atomic mass is 16.5. The predicted octanol–water partition coefficient (Wildman–Crippen LogP) is -0.189. The lowest BCUT2D eigenvalue weighted by Crippen LogP contribution is -2.42. The number of urea groups is 1. The van der Waals surface area contributed by atoms with Crippen LogP contribution in [-0.2, 0) is 11.3 Å². The summed E-state index contributed by atoms with van der Waals surface area (Å²) in [4.78, 5) is 21.6. The van der Waals surface area contributed by atoms with Crippen molar-refractivity contribution in [1.29, 1.82) is 0 Å². The van der Waals surface area contributed by atoms with Gasteiger partial charge in [-0.05, 0) is 6.07 Å². The number of aliphatic hydroxyl groups is 1. The highest BCUT2D eigenvalue weighted by Gasteiger charge is 2.14. The predicted molar refractivity (Wildman–Crippen MR) is 81.9 cm³/mol. The van der Waals surface area contributed by atoms with Crippen molar-refractivity contribution >= 4 is 6.03 Å². The Morgan fingerprint density at radius 3 is 3.09 bits per heavy atom. The van der Waals surface area contributed by atoms with E-state index >= 15 is 0 Å². The van der Waals surface area contributed by atoms with Gasteiger partial charge in [0.1, 0.15) is 12.7 Å². The summed E-state index contributed by atoms with van der Waals surface area (Å²) < 4.78 is 6.37. The molecule has 2 heterocycles. The number of ether oxygens (including phenoxy) is 1. The Morgan fingerprint density at radius 2 is 2.39 bits per heavy atom. The van der Waals surface area contributed by atoms with E-state index < -0.39 is 6.10 Å². The smallest absolute Gasteiger partial charge is 0.317 e. The number of carbonyl (C=O) groups is 1. The summed E-state index contributed by atoms with van der Waals surface area (Å²) in [6.07, 6.45) is 3.89. The number of hydrogen-bond donors (Lipinski definition) is 2. The molecule has 2 N–H and O–H groups in total. The highest BCUT2D eigenvalue weighted by molar-refractivity contribution is 5.73. The van der Waals surface area contributed by atoms with E-state index in [-0.39, 0.29) is 25.7 Å². The van der Waals surface area contributed by atoms with E-state index in [0.717, 1.165) is 5.56 Å². The summed E-state index contributed by atoms with van der Waals surface area (Å²) in [5.41, 5.74) is 0.803. The number of amides is 2. The Bertz CT molecular complexity index is 619. The van der Waals surface area contributed by atoms with E-state index in [2.05, 4.69) is 20.4 Å². The maximum Gasteiger partial charge on any atom is 0.317 e. The number of aromatic nitrogens is 4. The molecule has 0 saturated carbocycles. The van der Waals surface area contributed by atoms with Crippen molar-refractivity contribution in [2.75, 3.05) is 27.3 Å². The maximum absolute atomic E-state index is 12.1. The Labute approximate surface area is 133 Å². The first-order valence-electron chi connectivity index (χ1n) is 7.06. The van der Waals surface area contributed by atoms with Gasteiger partial charge in [0.05, 0.1) is 19.3 Å². The lowest BCUT2D eigenvalue weighted by Gasteiger charge is -2.21. The molecular formula is C14H20N6O3. The number of pyridine rings is 1. The van der Waals surface area contributed by atoms with Gasteiger partial charge in [-0.25, -0.2) is 19.4 Å². The normalized spacial score (nSPS) is 12.0. The number of nitrogens with zero attached hydrogens (tertiary/aromatic N) is 5. The monoisotopic (exact) mass is 320 g/mol. The largest absolute Gasteiger partial charge is 0.389 e. The number of hydrogen-bond acceptors (Lipinski definition) is 6. The third kappa shape index (κ3) is 4.73. The number of methoxy groups -OCH3 is 1. The molecule has 0 spiro atoms. The molecule has 124 valence electrons. The van der Waals surface area contributed by atoms with E-state index in [4.69, 9.17) is 4.74 Å². The van der Waals surface area contributed by atoms with Crippen molar-refractivity contribution in [1.82, 2.24) is 30.0 Å². The van der Waals surface area contributed by atoms with Crippen molar-refractivity contribution in [2.24, 2.45) is 0 Å². The minimum Gasteiger partial charge on any atom is -0.389 e. The second-order valence-corrected chi connectivity index (χ2v) is 4.97. The molecule has 23 heavy (non-hydrogen) atoms. The third-order valence-electron chi connectivity index (χ3n) is 3.12. The molecule has 0 aliphatic rings. The molecule has 0 aromatic carbocycles. The molecule has 2 rings (SSSR count). The quantitative estimate of drug-likeness (QED) is 0.732. The standard InChI is InChI=1S/C14H20N6O3/c1-19(7-12(21)8-23-2)14(22)17-6-11-4-3-5-16-13(11)20-10-15-9-18-20/h3-5,9-10,12,21H,6-8H2,1-2H3,(H,17,22). The number of carbonyl (C=O) groups excluding carboxylic acids is 1. The summed E-state index contributed by atoms with van der Waals surface area (Å²) in [5.74, 6) is 0.604. The van der Waals surface area contributed by atoms with E-state index in [9.17, 15) is 9.90 Å². The zero-order valence-electron chi connectivity index (χ0n) is 13.1. The highest BCUT2D eigenvalue weighted by Crippen LogP contribution is 2.09. The van der Waals surface area contributed by atoms with Gasteiger partial charge in [-0.2, -0.15) is 5.10 Å². The molecule has 0 bridgehead atoms. The molecule has 0 aliphatic heterocycles. The fourth-order valence-electron chi connectivity index (χ4n) is 2.04. The second kappa shape index (κ2) is 8.20. The van der Waals surface area contributed by atoms with Crippen LogP contribution in [0.5, 0.6) is 0 Å². The van der Waals surface area contributed by atoms with Gasteiger partial charge >= 0.3 is 6.03 Å². The van der Waals surface area contributed by atoms with Gasteiger partial charge in [-0.3, -0.25) is 0 Å². The molecule has 9 heteroatoms. The first-order valence-corrected chi connectivity index (χ1v) is 7.06. The van der Waals surface area contributed by atoms with Gasteiger partial charge in [0, 0.05) is 32.5 Å². The average molecular weight is 320 g/mol. The minimum absolute atomic E-state index is 0.177. The second-order valence-electron chi connectivity index (χ2n) is 4.97. The SMILES string of the molecule is COCC(O)CN(C)C(=O)NCc1cccnc1-n1cncn1. The average Bonchev–Trinajstić information content (AvgIpc) is 3.07. The number of rotatable bonds is 7. The summed E-state index contributed by atoms with van der Waals surface area (Å²) in [7, 11) is 3.10. The maximum atomic E-state index is 12.1. The van der Waals surface area contributed by atoms with Crippen LogP contribution in [0.15, 0.2) is 31.0 Å². The number of nitrogens with one attached hydrogen (secondary N) is 1. The molecule has 9 nitrogen and oxygen atoms in total. The fraction of sp³-hybridized carbons (Fsp3) is 0.429. The van der Waals surface area contributed by atoms with E-state index in [0.29, 0.717) is 5.82 Å². The van der Waals surface area contributed by atoms with Crippen molar-refractivity contribution < 1.29 is 14.6 Å². The van der Waals surface area contributed by atoms with Crippen molar-refractivity contribution in [3.8, 4) is 5.82 Å². The van der Waals surface area contributed by atoms with Crippen LogP contribution < -0.4 is 5.32 Å². The zero-order chi connectivity index (χ0) is 16.7. The summed E-state index contributed by atoms with van der Waals surface area (Å²) in [5, 5.41) is 16.5. The van der Waals surface area contributed by atoms with E-state index in [1.54, 1.807) is 25.6 Å². The molecule has 0 radical (unpaired) electrons. The Hall–Kier alpha value is -2.52. The molecule has 0 saturated heterocycles. The third-order valence-corrected chi connectivity index (χ3v) is 3.12. The van der Waals surface area contributed by atoms with Gasteiger partial charge in [-0.1, -0.05) is 6.07 Å². The molecular weight excluding hydrogens is 300 g/mol. The lowest BCUT2D eigenvalue weighted by atomic mass is 10.2. The minimum atomic E-state index is -0.722. The molecule has 2 aromatic rings. The van der Waals surface area contributed by atoms with Gasteiger partial charge in [0.2, 0.25) is 0 Å². The fourth-order valence-corrected chi connectivity index (χ4v) is 2.04. The molecule has 1 unspecified atom stereocenters. The van der Waals surface area contributed by atoms with Crippen LogP contribution in [0, 0.1) is 0 Å². The Morgan fingerprint density at radius 1 is 1.57 bits per heavy atom. The van der Waals surface area contributed by atoms with Crippen molar-refractivity contribution in [2.45, 2.75) is 12.6 Å². The van der Waals surface area contributed by atoms with Crippen LogP contribution in [0.4, 0.5) is 4.79 Å². The van der Waals surface area contributed by atoms with Crippen LogP contribution in [-0.4, -0.2) is 69.2 Å².